The molecule has 116 valence electrons. The minimum atomic E-state index is -0.0998. The Hall–Kier alpha value is -2.53. The van der Waals surface area contributed by atoms with Gasteiger partial charge in [0.25, 0.3) is 0 Å². The summed E-state index contributed by atoms with van der Waals surface area (Å²) in [4.78, 5) is 11.8. The summed E-state index contributed by atoms with van der Waals surface area (Å²) < 4.78 is 5.14. The van der Waals surface area contributed by atoms with Gasteiger partial charge in [-0.05, 0) is 35.4 Å². The van der Waals surface area contributed by atoms with Gasteiger partial charge in [0.2, 0.25) is 5.91 Å². The molecule has 2 aromatic carbocycles. The highest BCUT2D eigenvalue weighted by molar-refractivity contribution is 5.80. The van der Waals surface area contributed by atoms with Crippen LogP contribution in [0.25, 0.3) is 0 Å². The summed E-state index contributed by atoms with van der Waals surface area (Å²) in [5.41, 5.74) is 2.60. The monoisotopic (exact) mass is 300 g/mol. The molecule has 0 aliphatic heterocycles. The molecule has 5 nitrogen and oxygen atoms in total. The summed E-state index contributed by atoms with van der Waals surface area (Å²) in [6.45, 7) is 0.616. The molecule has 5 heteroatoms. The lowest BCUT2D eigenvalue weighted by Gasteiger charge is -2.09. The molecule has 0 saturated heterocycles. The maximum atomic E-state index is 11.8. The van der Waals surface area contributed by atoms with Crippen molar-refractivity contribution in [3.05, 3.63) is 59.7 Å². The molecular formula is C17H20N2O3. The van der Waals surface area contributed by atoms with Crippen LogP contribution in [0.15, 0.2) is 48.5 Å². The van der Waals surface area contributed by atoms with Crippen molar-refractivity contribution in [3.63, 3.8) is 0 Å². The number of methoxy groups -OCH3 is 1. The molecule has 2 rings (SSSR count). The van der Waals surface area contributed by atoms with Gasteiger partial charge in [-0.2, -0.15) is 0 Å². The van der Waals surface area contributed by atoms with Gasteiger partial charge in [0, 0.05) is 12.2 Å². The molecule has 2 aromatic rings. The molecule has 1 amide bonds. The van der Waals surface area contributed by atoms with Crippen molar-refractivity contribution >= 4 is 11.6 Å². The molecule has 0 unspecified atom stereocenters. The van der Waals surface area contributed by atoms with E-state index in [9.17, 15) is 4.79 Å². The molecule has 0 aromatic heterocycles. The Balaban J connectivity index is 1.80. The first-order valence-corrected chi connectivity index (χ1v) is 7.04. The standard InChI is InChI=1S/C17H20N2O3/c1-22-16-7-3-4-13(9-16)10-19-17(21)11-18-15-6-2-5-14(8-15)12-20/h2-9,18,20H,10-12H2,1H3,(H,19,21). The summed E-state index contributed by atoms with van der Waals surface area (Å²) in [5.74, 6) is 0.669. The molecule has 22 heavy (non-hydrogen) atoms. The number of aliphatic hydroxyl groups excluding tert-OH is 1. The highest BCUT2D eigenvalue weighted by Crippen LogP contribution is 2.12. The summed E-state index contributed by atoms with van der Waals surface area (Å²) in [6, 6.07) is 14.9. The predicted molar refractivity (Wildman–Crippen MR) is 85.7 cm³/mol. The number of nitrogens with one attached hydrogen (secondary N) is 2. The van der Waals surface area contributed by atoms with Crippen LogP contribution in [0, 0.1) is 0 Å². The normalized spacial score (nSPS) is 10.1. The Bertz CT molecular complexity index is 575. The first kappa shape index (κ1) is 15.9. The molecule has 0 bridgehead atoms. The van der Waals surface area contributed by atoms with E-state index in [2.05, 4.69) is 10.6 Å². The lowest BCUT2D eigenvalue weighted by molar-refractivity contribution is -0.119. The fraction of sp³-hybridized carbons (Fsp3) is 0.235. The molecule has 0 heterocycles. The van der Waals surface area contributed by atoms with Gasteiger partial charge in [-0.3, -0.25) is 4.79 Å². The van der Waals surface area contributed by atoms with Crippen molar-refractivity contribution in [2.75, 3.05) is 19.0 Å². The van der Waals surface area contributed by atoms with Crippen molar-refractivity contribution in [2.45, 2.75) is 13.2 Å². The van der Waals surface area contributed by atoms with Crippen molar-refractivity contribution in [3.8, 4) is 5.75 Å². The average Bonchev–Trinajstić information content (AvgIpc) is 2.58. The lowest BCUT2D eigenvalue weighted by Crippen LogP contribution is -2.29. The van der Waals surface area contributed by atoms with Gasteiger partial charge in [-0.25, -0.2) is 0 Å². The molecule has 0 spiro atoms. The maximum absolute atomic E-state index is 11.8. The van der Waals surface area contributed by atoms with E-state index in [0.29, 0.717) is 6.54 Å². The number of hydrogen-bond acceptors (Lipinski definition) is 4. The summed E-state index contributed by atoms with van der Waals surface area (Å²) in [6.07, 6.45) is 0. The zero-order chi connectivity index (χ0) is 15.8. The van der Waals surface area contributed by atoms with Crippen LogP contribution < -0.4 is 15.4 Å². The number of aliphatic hydroxyl groups is 1. The van der Waals surface area contributed by atoms with Gasteiger partial charge in [-0.15, -0.1) is 0 Å². The zero-order valence-electron chi connectivity index (χ0n) is 12.5. The van der Waals surface area contributed by atoms with Gasteiger partial charge in [0.15, 0.2) is 0 Å². The Morgan fingerprint density at radius 3 is 2.68 bits per heavy atom. The largest absolute Gasteiger partial charge is 0.497 e. The van der Waals surface area contributed by atoms with Crippen LogP contribution in [0.4, 0.5) is 5.69 Å². The second kappa shape index (κ2) is 8.05. The van der Waals surface area contributed by atoms with Crippen LogP contribution in [-0.4, -0.2) is 24.7 Å². The number of amides is 1. The number of hydrogen-bond donors (Lipinski definition) is 3. The zero-order valence-corrected chi connectivity index (χ0v) is 12.5. The molecule has 0 fully saturated rings. The molecule has 0 radical (unpaired) electrons. The van der Waals surface area contributed by atoms with Crippen LogP contribution in [0.1, 0.15) is 11.1 Å². The van der Waals surface area contributed by atoms with E-state index in [0.717, 1.165) is 22.6 Å². The Morgan fingerprint density at radius 1 is 1.14 bits per heavy atom. The van der Waals surface area contributed by atoms with Crippen molar-refractivity contribution < 1.29 is 14.6 Å². The fourth-order valence-corrected chi connectivity index (χ4v) is 2.01. The first-order valence-electron chi connectivity index (χ1n) is 7.04. The molecule has 0 aliphatic carbocycles. The lowest BCUT2D eigenvalue weighted by atomic mass is 10.2. The molecule has 0 saturated carbocycles. The summed E-state index contributed by atoms with van der Waals surface area (Å²) in [5, 5.41) is 14.9. The van der Waals surface area contributed by atoms with Gasteiger partial charge < -0.3 is 20.5 Å². The van der Waals surface area contributed by atoms with Crippen molar-refractivity contribution in [1.29, 1.82) is 0 Å². The highest BCUT2D eigenvalue weighted by atomic mass is 16.5. The average molecular weight is 300 g/mol. The minimum Gasteiger partial charge on any atom is -0.497 e. The van der Waals surface area contributed by atoms with Crippen molar-refractivity contribution in [1.82, 2.24) is 5.32 Å². The van der Waals surface area contributed by atoms with Crippen molar-refractivity contribution in [2.24, 2.45) is 0 Å². The first-order chi connectivity index (χ1) is 10.7. The molecule has 3 N–H and O–H groups in total. The number of carbonyl (C=O) groups is 1. The van der Waals surface area contributed by atoms with E-state index in [1.54, 1.807) is 7.11 Å². The van der Waals surface area contributed by atoms with Crippen LogP contribution >= 0.6 is 0 Å². The number of rotatable bonds is 7. The van der Waals surface area contributed by atoms with E-state index in [1.165, 1.54) is 0 Å². The maximum Gasteiger partial charge on any atom is 0.239 e. The van der Waals surface area contributed by atoms with Gasteiger partial charge in [0.1, 0.15) is 5.75 Å². The number of benzene rings is 2. The van der Waals surface area contributed by atoms with E-state index in [-0.39, 0.29) is 19.1 Å². The topological polar surface area (TPSA) is 70.6 Å². The molecule has 0 atom stereocenters. The Kier molecular flexibility index (Phi) is 5.80. The minimum absolute atomic E-state index is 0.0163. The fourth-order valence-electron chi connectivity index (χ4n) is 2.01. The number of anilines is 1. The van der Waals surface area contributed by atoms with Crippen LogP contribution in [0.3, 0.4) is 0 Å². The quantitative estimate of drug-likeness (QED) is 0.730. The second-order valence-corrected chi connectivity index (χ2v) is 4.84. The van der Waals surface area contributed by atoms with Crippen LogP contribution in [0.5, 0.6) is 5.75 Å². The smallest absolute Gasteiger partial charge is 0.239 e. The second-order valence-electron chi connectivity index (χ2n) is 4.84. The molecule has 0 aliphatic rings. The number of carbonyl (C=O) groups excluding carboxylic acids is 1. The third-order valence-electron chi connectivity index (χ3n) is 3.19. The van der Waals surface area contributed by atoms with E-state index >= 15 is 0 Å². The third-order valence-corrected chi connectivity index (χ3v) is 3.19. The highest BCUT2D eigenvalue weighted by Gasteiger charge is 2.02. The van der Waals surface area contributed by atoms with E-state index in [4.69, 9.17) is 9.84 Å². The Morgan fingerprint density at radius 2 is 1.91 bits per heavy atom. The van der Waals surface area contributed by atoms with E-state index in [1.807, 2.05) is 48.5 Å². The SMILES string of the molecule is COc1cccc(CNC(=O)CNc2cccc(CO)c2)c1. The van der Waals surface area contributed by atoms with Gasteiger partial charge in [-0.1, -0.05) is 24.3 Å². The number of ether oxygens (including phenoxy) is 1. The van der Waals surface area contributed by atoms with Gasteiger partial charge in [0.05, 0.1) is 20.3 Å². The van der Waals surface area contributed by atoms with Crippen LogP contribution in [0.2, 0.25) is 0 Å². The summed E-state index contributed by atoms with van der Waals surface area (Å²) in [7, 11) is 1.61. The third kappa shape index (κ3) is 4.79. The summed E-state index contributed by atoms with van der Waals surface area (Å²) >= 11 is 0. The van der Waals surface area contributed by atoms with E-state index < -0.39 is 0 Å². The Labute approximate surface area is 129 Å². The van der Waals surface area contributed by atoms with Crippen LogP contribution in [-0.2, 0) is 17.9 Å². The predicted octanol–water partition coefficient (Wildman–Crippen LogP) is 1.92. The van der Waals surface area contributed by atoms with Gasteiger partial charge >= 0.3 is 0 Å². The molecular weight excluding hydrogens is 280 g/mol.